The molecule has 2 aliphatic heterocycles. The maximum atomic E-state index is 10.00. The number of aliphatic hydroxyl groups excluding tert-OH is 8. The minimum Gasteiger partial charge on any atom is -0.394 e. The van der Waals surface area contributed by atoms with Crippen molar-refractivity contribution in [2.24, 2.45) is 0 Å². The van der Waals surface area contributed by atoms with Crippen molar-refractivity contribution in [3.63, 3.8) is 0 Å². The molecule has 8 N–H and O–H groups in total. The first-order chi connectivity index (χ1) is 10.8. The average molecular weight is 342 g/mol. The lowest BCUT2D eigenvalue weighted by atomic mass is 9.97. The molecule has 0 amide bonds. The van der Waals surface area contributed by atoms with Crippen LogP contribution in [0.3, 0.4) is 0 Å². The van der Waals surface area contributed by atoms with E-state index in [0.29, 0.717) is 0 Å². The van der Waals surface area contributed by atoms with Crippen molar-refractivity contribution in [1.82, 2.24) is 0 Å². The smallest absolute Gasteiger partial charge is 0.187 e. The van der Waals surface area contributed by atoms with Gasteiger partial charge in [0.1, 0.15) is 48.8 Å². The molecule has 136 valence electrons. The molecule has 0 aromatic heterocycles. The third-order valence-corrected chi connectivity index (χ3v) is 3.98. The summed E-state index contributed by atoms with van der Waals surface area (Å²) in [5, 5.41) is 76.8. The van der Waals surface area contributed by atoms with Gasteiger partial charge in [-0.1, -0.05) is 0 Å². The van der Waals surface area contributed by atoms with Crippen LogP contribution < -0.4 is 0 Å². The quantitative estimate of drug-likeness (QED) is 0.243. The lowest BCUT2D eigenvalue weighted by molar-refractivity contribution is -0.355. The van der Waals surface area contributed by atoms with Crippen LogP contribution in [0.15, 0.2) is 0 Å². The summed E-state index contributed by atoms with van der Waals surface area (Å²) in [5.41, 5.74) is 0. The fourth-order valence-corrected chi connectivity index (χ4v) is 2.56. The third kappa shape index (κ3) is 3.65. The minimum atomic E-state index is -1.76. The van der Waals surface area contributed by atoms with Crippen molar-refractivity contribution in [2.75, 3.05) is 13.2 Å². The predicted molar refractivity (Wildman–Crippen MR) is 68.6 cm³/mol. The Labute approximate surface area is 130 Å². The summed E-state index contributed by atoms with van der Waals surface area (Å²) in [4.78, 5) is 0. The Morgan fingerprint density at radius 3 is 1.78 bits per heavy atom. The first kappa shape index (κ1) is 18.9. The van der Waals surface area contributed by atoms with E-state index in [9.17, 15) is 30.6 Å². The van der Waals surface area contributed by atoms with Crippen molar-refractivity contribution >= 4 is 0 Å². The summed E-state index contributed by atoms with van der Waals surface area (Å²) < 4.78 is 15.1. The van der Waals surface area contributed by atoms with Gasteiger partial charge in [0.15, 0.2) is 12.6 Å². The molecule has 0 spiro atoms. The molecule has 2 rings (SSSR count). The van der Waals surface area contributed by atoms with E-state index in [1.807, 2.05) is 0 Å². The Hall–Kier alpha value is -0.440. The molecule has 0 aromatic carbocycles. The Morgan fingerprint density at radius 2 is 1.22 bits per heavy atom. The Kier molecular flexibility index (Phi) is 6.27. The van der Waals surface area contributed by atoms with Gasteiger partial charge in [-0.25, -0.2) is 0 Å². The van der Waals surface area contributed by atoms with Gasteiger partial charge in [-0.3, -0.25) is 0 Å². The predicted octanol–water partition coefficient (Wildman–Crippen LogP) is -5.40. The average Bonchev–Trinajstić information content (AvgIpc) is 2.54. The topological polar surface area (TPSA) is 190 Å². The molecule has 2 saturated heterocycles. The molecular formula is C12H22O11. The molecule has 11 heteroatoms. The van der Waals surface area contributed by atoms with E-state index in [2.05, 4.69) is 0 Å². The van der Waals surface area contributed by atoms with Crippen molar-refractivity contribution in [2.45, 2.75) is 61.4 Å². The summed E-state index contributed by atoms with van der Waals surface area (Å²) in [5.74, 6) is 0. The highest BCUT2D eigenvalue weighted by atomic mass is 16.7. The van der Waals surface area contributed by atoms with Crippen molar-refractivity contribution in [3.8, 4) is 0 Å². The fraction of sp³-hybridized carbons (Fsp3) is 1.00. The van der Waals surface area contributed by atoms with Gasteiger partial charge in [-0.15, -0.1) is 0 Å². The SMILES string of the molecule is OC[C@H]1OC(O)[C@@H](O)[C@@H](O[C@H]2O[C@H](CO)[C@@H](O)[C@H](O)[C@@H]2O)[C@H]1O. The molecule has 10 atom stereocenters. The maximum absolute atomic E-state index is 10.00. The second-order valence-corrected chi connectivity index (χ2v) is 5.53. The van der Waals surface area contributed by atoms with E-state index in [4.69, 9.17) is 24.4 Å². The van der Waals surface area contributed by atoms with E-state index < -0.39 is 74.6 Å². The molecular weight excluding hydrogens is 320 g/mol. The lowest BCUT2D eigenvalue weighted by Gasteiger charge is -2.45. The van der Waals surface area contributed by atoms with Gasteiger partial charge in [-0.05, 0) is 0 Å². The molecule has 0 saturated carbocycles. The number of rotatable bonds is 4. The molecule has 0 bridgehead atoms. The van der Waals surface area contributed by atoms with Crippen LogP contribution in [-0.2, 0) is 14.2 Å². The zero-order chi connectivity index (χ0) is 17.3. The van der Waals surface area contributed by atoms with Crippen LogP contribution in [-0.4, -0.2) is 115 Å². The second kappa shape index (κ2) is 7.63. The summed E-state index contributed by atoms with van der Waals surface area (Å²) >= 11 is 0. The van der Waals surface area contributed by atoms with Gasteiger partial charge in [0.05, 0.1) is 13.2 Å². The third-order valence-electron chi connectivity index (χ3n) is 3.98. The Bertz CT molecular complexity index is 380. The first-order valence-electron chi connectivity index (χ1n) is 7.08. The second-order valence-electron chi connectivity index (χ2n) is 5.53. The lowest BCUT2D eigenvalue weighted by Crippen LogP contribution is -2.64. The summed E-state index contributed by atoms with van der Waals surface area (Å²) in [6.45, 7) is -1.34. The number of aliphatic hydroxyl groups is 8. The monoisotopic (exact) mass is 342 g/mol. The van der Waals surface area contributed by atoms with Gasteiger partial charge in [-0.2, -0.15) is 0 Å². The number of hydrogen-bond acceptors (Lipinski definition) is 11. The van der Waals surface area contributed by atoms with E-state index in [1.54, 1.807) is 0 Å². The highest BCUT2D eigenvalue weighted by Gasteiger charge is 2.50. The van der Waals surface area contributed by atoms with Crippen molar-refractivity contribution in [1.29, 1.82) is 0 Å². The molecule has 0 aliphatic carbocycles. The standard InChI is InChI=1S/C12H22O11/c13-1-3-5(15)7(17)8(18)12(22-3)23-10-6(16)4(2-14)21-11(20)9(10)19/h3-20H,1-2H2/t3-,4-,5-,6+,7+,8+,9+,10+,11?,12-/m1/s1. The van der Waals surface area contributed by atoms with Crippen LogP contribution in [0.25, 0.3) is 0 Å². The molecule has 2 aliphatic rings. The summed E-state index contributed by atoms with van der Waals surface area (Å²) in [6, 6.07) is 0. The highest BCUT2D eigenvalue weighted by molar-refractivity contribution is 4.93. The van der Waals surface area contributed by atoms with Gasteiger partial charge in [0.25, 0.3) is 0 Å². The molecule has 2 fully saturated rings. The van der Waals surface area contributed by atoms with Gasteiger partial charge in [0, 0.05) is 0 Å². The number of ether oxygens (including phenoxy) is 3. The molecule has 0 radical (unpaired) electrons. The largest absolute Gasteiger partial charge is 0.394 e. The van der Waals surface area contributed by atoms with Crippen LogP contribution in [0, 0.1) is 0 Å². The molecule has 2 heterocycles. The van der Waals surface area contributed by atoms with Gasteiger partial charge >= 0.3 is 0 Å². The van der Waals surface area contributed by atoms with Crippen molar-refractivity contribution in [3.05, 3.63) is 0 Å². The van der Waals surface area contributed by atoms with Crippen LogP contribution in [0.2, 0.25) is 0 Å². The molecule has 23 heavy (non-hydrogen) atoms. The Morgan fingerprint density at radius 1 is 0.652 bits per heavy atom. The zero-order valence-corrected chi connectivity index (χ0v) is 12.0. The molecule has 0 aromatic rings. The summed E-state index contributed by atoms with van der Waals surface area (Å²) in [7, 11) is 0. The van der Waals surface area contributed by atoms with E-state index in [-0.39, 0.29) is 0 Å². The van der Waals surface area contributed by atoms with Crippen LogP contribution in [0.4, 0.5) is 0 Å². The minimum absolute atomic E-state index is 0.667. The van der Waals surface area contributed by atoms with Crippen LogP contribution in [0.1, 0.15) is 0 Å². The summed E-state index contributed by atoms with van der Waals surface area (Å²) in [6.07, 6.45) is -15.7. The van der Waals surface area contributed by atoms with E-state index in [0.717, 1.165) is 0 Å². The fourth-order valence-electron chi connectivity index (χ4n) is 2.56. The van der Waals surface area contributed by atoms with Crippen molar-refractivity contribution < 1.29 is 55.1 Å². The first-order valence-corrected chi connectivity index (χ1v) is 7.08. The van der Waals surface area contributed by atoms with Crippen LogP contribution >= 0.6 is 0 Å². The number of hydrogen-bond donors (Lipinski definition) is 8. The van der Waals surface area contributed by atoms with Crippen LogP contribution in [0.5, 0.6) is 0 Å². The maximum Gasteiger partial charge on any atom is 0.187 e. The zero-order valence-electron chi connectivity index (χ0n) is 12.0. The van der Waals surface area contributed by atoms with E-state index in [1.165, 1.54) is 0 Å². The van der Waals surface area contributed by atoms with E-state index >= 15 is 0 Å². The normalized spacial score (nSPS) is 51.7. The van der Waals surface area contributed by atoms with Gasteiger partial charge < -0.3 is 55.1 Å². The Balaban J connectivity index is 2.11. The highest BCUT2D eigenvalue weighted by Crippen LogP contribution is 2.28. The van der Waals surface area contributed by atoms with Gasteiger partial charge in [0.2, 0.25) is 0 Å². The molecule has 1 unspecified atom stereocenters. The molecule has 11 nitrogen and oxygen atoms in total.